The van der Waals surface area contributed by atoms with Crippen LogP contribution in [0, 0.1) is 20.8 Å². The third-order valence-electron chi connectivity index (χ3n) is 4.59. The van der Waals surface area contributed by atoms with Crippen LogP contribution >= 0.6 is 11.8 Å². The van der Waals surface area contributed by atoms with Crippen LogP contribution in [0.15, 0.2) is 30.3 Å². The van der Waals surface area contributed by atoms with Gasteiger partial charge < -0.3 is 10.1 Å². The van der Waals surface area contributed by atoms with Gasteiger partial charge in [-0.1, -0.05) is 12.1 Å². The summed E-state index contributed by atoms with van der Waals surface area (Å²) in [6.45, 7) is 5.79. The number of amides is 1. The first-order chi connectivity index (χ1) is 13.5. The minimum absolute atomic E-state index is 0.0282. The van der Waals surface area contributed by atoms with Crippen molar-refractivity contribution in [3.8, 4) is 11.7 Å². The summed E-state index contributed by atoms with van der Waals surface area (Å²) in [5.74, 6) is 2.19. The molecule has 3 aromatic rings. The summed E-state index contributed by atoms with van der Waals surface area (Å²) >= 11 is 1.58. The maximum Gasteiger partial charge on any atom is 0.252 e. The normalized spacial score (nSPS) is 16.3. The van der Waals surface area contributed by atoms with E-state index in [9.17, 15) is 4.79 Å². The molecular formula is C20H21N5O2S. The number of aryl methyl sites for hydroxylation is 3. The predicted octanol–water partition coefficient (Wildman–Crippen LogP) is 3.37. The number of methoxy groups -OCH3 is 1. The average Bonchev–Trinajstić information content (AvgIpc) is 2.87. The van der Waals surface area contributed by atoms with Gasteiger partial charge in [-0.05, 0) is 44.5 Å². The van der Waals surface area contributed by atoms with E-state index in [1.165, 1.54) is 0 Å². The minimum atomic E-state index is -0.0622. The molecule has 0 saturated carbocycles. The highest BCUT2D eigenvalue weighted by atomic mass is 32.2. The van der Waals surface area contributed by atoms with E-state index in [0.29, 0.717) is 17.5 Å². The molecule has 144 valence electrons. The number of aromatic nitrogens is 4. The quantitative estimate of drug-likeness (QED) is 0.732. The summed E-state index contributed by atoms with van der Waals surface area (Å²) in [6, 6.07) is 9.83. The second-order valence-electron chi connectivity index (χ2n) is 6.72. The second kappa shape index (κ2) is 7.27. The molecule has 8 heteroatoms. The molecule has 0 spiro atoms. The molecule has 4 rings (SSSR count). The van der Waals surface area contributed by atoms with Gasteiger partial charge in [-0.3, -0.25) is 4.79 Å². The number of fused-ring (bicyclic) bond motifs is 1. The van der Waals surface area contributed by atoms with Crippen LogP contribution in [0.5, 0.6) is 5.75 Å². The lowest BCUT2D eigenvalue weighted by molar-refractivity contribution is -0.113. The molecule has 1 amide bonds. The standard InChI is InChI=1S/C20H21N5O2S/c1-11-9-12(2)22-20(21-11)25-19-17(13(3)24-25)18(28-10-16(26)23-19)14-5-7-15(27-4)8-6-14/h5-9,18H,10H2,1-4H3,(H,23,26)/t18-/m1/s1. The van der Waals surface area contributed by atoms with Gasteiger partial charge in [-0.2, -0.15) is 9.78 Å². The predicted molar refractivity (Wildman–Crippen MR) is 109 cm³/mol. The third kappa shape index (κ3) is 3.35. The molecule has 7 nitrogen and oxygen atoms in total. The number of ether oxygens (including phenoxy) is 1. The Bertz CT molecular complexity index is 1030. The van der Waals surface area contributed by atoms with E-state index in [4.69, 9.17) is 4.74 Å². The Balaban J connectivity index is 1.87. The number of rotatable bonds is 3. The average molecular weight is 395 g/mol. The van der Waals surface area contributed by atoms with E-state index in [0.717, 1.165) is 34.0 Å². The topological polar surface area (TPSA) is 81.9 Å². The number of nitrogens with zero attached hydrogens (tertiary/aromatic N) is 4. The number of thioether (sulfide) groups is 1. The van der Waals surface area contributed by atoms with E-state index in [-0.39, 0.29) is 11.2 Å². The maximum absolute atomic E-state index is 12.4. The number of benzene rings is 1. The van der Waals surface area contributed by atoms with E-state index in [2.05, 4.69) is 20.4 Å². The minimum Gasteiger partial charge on any atom is -0.497 e. The molecule has 1 aliphatic heterocycles. The van der Waals surface area contributed by atoms with E-state index in [1.807, 2.05) is 51.1 Å². The van der Waals surface area contributed by atoms with Gasteiger partial charge in [0, 0.05) is 17.0 Å². The Morgan fingerprint density at radius 3 is 2.46 bits per heavy atom. The molecule has 0 saturated heterocycles. The lowest BCUT2D eigenvalue weighted by Gasteiger charge is -2.15. The molecule has 28 heavy (non-hydrogen) atoms. The molecular weight excluding hydrogens is 374 g/mol. The molecule has 0 fully saturated rings. The van der Waals surface area contributed by atoms with Crippen LogP contribution in [0.2, 0.25) is 0 Å². The number of carbonyl (C=O) groups is 1. The fourth-order valence-electron chi connectivity index (χ4n) is 3.37. The van der Waals surface area contributed by atoms with Crippen LogP contribution in [0.4, 0.5) is 5.82 Å². The number of hydrogen-bond acceptors (Lipinski definition) is 6. The fourth-order valence-corrected chi connectivity index (χ4v) is 4.56. The highest BCUT2D eigenvalue weighted by Gasteiger charge is 2.31. The largest absolute Gasteiger partial charge is 0.497 e. The molecule has 1 aliphatic rings. The van der Waals surface area contributed by atoms with Crippen molar-refractivity contribution in [3.05, 3.63) is 58.5 Å². The number of carbonyl (C=O) groups excluding carboxylic acids is 1. The van der Waals surface area contributed by atoms with Crippen molar-refractivity contribution in [2.75, 3.05) is 18.2 Å². The first kappa shape index (κ1) is 18.5. The summed E-state index contributed by atoms with van der Waals surface area (Å²) in [6.07, 6.45) is 0. The monoisotopic (exact) mass is 395 g/mol. The molecule has 3 heterocycles. The van der Waals surface area contributed by atoms with Gasteiger partial charge in [0.15, 0.2) is 0 Å². The van der Waals surface area contributed by atoms with Crippen LogP contribution in [0.1, 0.15) is 33.5 Å². The smallest absolute Gasteiger partial charge is 0.252 e. The zero-order valence-corrected chi connectivity index (χ0v) is 17.0. The number of hydrogen-bond donors (Lipinski definition) is 1. The Kier molecular flexibility index (Phi) is 4.80. The summed E-state index contributed by atoms with van der Waals surface area (Å²) < 4.78 is 6.91. The summed E-state index contributed by atoms with van der Waals surface area (Å²) in [5, 5.41) is 7.65. The molecule has 0 radical (unpaired) electrons. The van der Waals surface area contributed by atoms with Gasteiger partial charge in [0.05, 0.1) is 23.8 Å². The summed E-state index contributed by atoms with van der Waals surface area (Å²) in [4.78, 5) is 21.4. The Labute approximate surface area is 167 Å². The zero-order chi connectivity index (χ0) is 19.8. The van der Waals surface area contributed by atoms with E-state index >= 15 is 0 Å². The third-order valence-corrected chi connectivity index (χ3v) is 5.86. The van der Waals surface area contributed by atoms with Crippen molar-refractivity contribution in [1.82, 2.24) is 19.7 Å². The van der Waals surface area contributed by atoms with Gasteiger partial charge in [0.25, 0.3) is 5.95 Å². The van der Waals surface area contributed by atoms with Crippen molar-refractivity contribution in [3.63, 3.8) is 0 Å². The van der Waals surface area contributed by atoms with Crippen molar-refractivity contribution < 1.29 is 9.53 Å². The van der Waals surface area contributed by atoms with Crippen LogP contribution in [0.3, 0.4) is 0 Å². The van der Waals surface area contributed by atoms with Gasteiger partial charge in [0.2, 0.25) is 5.91 Å². The van der Waals surface area contributed by atoms with Crippen molar-refractivity contribution in [2.24, 2.45) is 0 Å². The van der Waals surface area contributed by atoms with Gasteiger partial charge >= 0.3 is 0 Å². The van der Waals surface area contributed by atoms with Gasteiger partial charge in [-0.15, -0.1) is 11.8 Å². The second-order valence-corrected chi connectivity index (χ2v) is 7.82. The summed E-state index contributed by atoms with van der Waals surface area (Å²) in [7, 11) is 1.65. The van der Waals surface area contributed by atoms with E-state index in [1.54, 1.807) is 23.6 Å². The molecule has 1 atom stereocenters. The van der Waals surface area contributed by atoms with Crippen LogP contribution in [0.25, 0.3) is 5.95 Å². The lowest BCUT2D eigenvalue weighted by Crippen LogP contribution is -2.17. The van der Waals surface area contributed by atoms with E-state index < -0.39 is 0 Å². The first-order valence-electron chi connectivity index (χ1n) is 8.94. The van der Waals surface area contributed by atoms with Crippen molar-refractivity contribution in [2.45, 2.75) is 26.0 Å². The Morgan fingerprint density at radius 2 is 1.82 bits per heavy atom. The molecule has 0 unspecified atom stereocenters. The van der Waals surface area contributed by atoms with Crippen molar-refractivity contribution >= 4 is 23.5 Å². The molecule has 0 aliphatic carbocycles. The summed E-state index contributed by atoms with van der Waals surface area (Å²) in [5.41, 5.74) is 4.61. The van der Waals surface area contributed by atoms with Crippen LogP contribution < -0.4 is 10.1 Å². The first-order valence-corrected chi connectivity index (χ1v) is 9.98. The van der Waals surface area contributed by atoms with Crippen LogP contribution in [-0.4, -0.2) is 38.5 Å². The Hall–Kier alpha value is -2.87. The SMILES string of the molecule is COc1ccc([C@H]2SCC(=O)Nc3c2c(C)nn3-c2nc(C)cc(C)n2)cc1. The molecule has 1 N–H and O–H groups in total. The number of anilines is 1. The van der Waals surface area contributed by atoms with Gasteiger partial charge in [0.1, 0.15) is 11.6 Å². The zero-order valence-electron chi connectivity index (χ0n) is 16.2. The molecule has 1 aromatic carbocycles. The van der Waals surface area contributed by atoms with Gasteiger partial charge in [-0.25, -0.2) is 9.97 Å². The Morgan fingerprint density at radius 1 is 1.14 bits per heavy atom. The van der Waals surface area contributed by atoms with Crippen LogP contribution in [-0.2, 0) is 4.79 Å². The highest BCUT2D eigenvalue weighted by Crippen LogP contribution is 2.43. The fraction of sp³-hybridized carbons (Fsp3) is 0.300. The number of nitrogens with one attached hydrogen (secondary N) is 1. The lowest BCUT2D eigenvalue weighted by atomic mass is 10.0. The molecule has 0 bridgehead atoms. The highest BCUT2D eigenvalue weighted by molar-refractivity contribution is 8.00. The molecule has 2 aromatic heterocycles. The maximum atomic E-state index is 12.4. The van der Waals surface area contributed by atoms with Crippen molar-refractivity contribution in [1.29, 1.82) is 0 Å².